The third-order valence-electron chi connectivity index (χ3n) is 3.83. The minimum absolute atomic E-state index is 0.164. The largest absolute Gasteiger partial charge is 0.452 e. The number of fused-ring (bicyclic) bond motifs is 1. The first-order valence-corrected chi connectivity index (χ1v) is 9.13. The Balaban J connectivity index is 1.54. The summed E-state index contributed by atoms with van der Waals surface area (Å²) in [6.07, 6.45) is -1.24. The van der Waals surface area contributed by atoms with Crippen molar-refractivity contribution in [1.29, 1.82) is 0 Å². The van der Waals surface area contributed by atoms with Crippen molar-refractivity contribution in [1.82, 2.24) is 0 Å². The molecule has 6 nitrogen and oxygen atoms in total. The molecule has 0 aromatic heterocycles. The Morgan fingerprint density at radius 3 is 2.81 bits per heavy atom. The number of esters is 1. The first kappa shape index (κ1) is 18.9. The first-order chi connectivity index (χ1) is 12.9. The van der Waals surface area contributed by atoms with E-state index in [-0.39, 0.29) is 18.0 Å². The van der Waals surface area contributed by atoms with E-state index < -0.39 is 29.0 Å². The Kier molecular flexibility index (Phi) is 5.75. The molecule has 0 saturated heterocycles. The molecule has 0 saturated carbocycles. The predicted octanol–water partition coefficient (Wildman–Crippen LogP) is 3.20. The second kappa shape index (κ2) is 8.22. The molecule has 3 rings (SSSR count). The van der Waals surface area contributed by atoms with Crippen molar-refractivity contribution in [3.63, 3.8) is 0 Å². The number of halogens is 1. The van der Waals surface area contributed by atoms with Crippen molar-refractivity contribution in [3.8, 4) is 0 Å². The molecule has 0 spiro atoms. The summed E-state index contributed by atoms with van der Waals surface area (Å²) in [5.74, 6) is -2.02. The van der Waals surface area contributed by atoms with Crippen molar-refractivity contribution in [2.45, 2.75) is 29.6 Å². The van der Waals surface area contributed by atoms with E-state index in [9.17, 15) is 18.8 Å². The van der Waals surface area contributed by atoms with Gasteiger partial charge < -0.3 is 15.4 Å². The smallest absolute Gasteiger partial charge is 0.308 e. The minimum atomic E-state index is -1.08. The van der Waals surface area contributed by atoms with Crippen LogP contribution in [0.2, 0.25) is 0 Å². The highest BCUT2D eigenvalue weighted by atomic mass is 32.2. The highest BCUT2D eigenvalue weighted by Gasteiger charge is 2.30. The van der Waals surface area contributed by atoms with Gasteiger partial charge in [0.1, 0.15) is 5.82 Å². The minimum Gasteiger partial charge on any atom is -0.452 e. The molecule has 0 fully saturated rings. The van der Waals surface area contributed by atoms with Crippen LogP contribution in [0.15, 0.2) is 53.4 Å². The highest BCUT2D eigenvalue weighted by molar-refractivity contribution is 8.01. The SMILES string of the molecule is C[C@H](OC(=O)C[C@@H]1Sc2ccccc2NC1=O)C(=O)Nc1cccc(F)c1. The zero-order chi connectivity index (χ0) is 19.4. The van der Waals surface area contributed by atoms with Gasteiger partial charge in [-0.25, -0.2) is 4.39 Å². The second-order valence-corrected chi connectivity index (χ2v) is 7.17. The fraction of sp³-hybridized carbons (Fsp3) is 0.211. The molecule has 8 heteroatoms. The summed E-state index contributed by atoms with van der Waals surface area (Å²) in [6, 6.07) is 12.7. The molecular formula is C19H17FN2O4S. The van der Waals surface area contributed by atoms with E-state index in [0.717, 1.165) is 11.0 Å². The molecule has 2 aromatic rings. The molecule has 1 aliphatic heterocycles. The summed E-state index contributed by atoms with van der Waals surface area (Å²) in [4.78, 5) is 37.2. The van der Waals surface area contributed by atoms with Gasteiger partial charge in [0.25, 0.3) is 5.91 Å². The molecule has 1 heterocycles. The number of rotatable bonds is 5. The molecule has 140 valence electrons. The van der Waals surface area contributed by atoms with Crippen molar-refractivity contribution in [3.05, 3.63) is 54.3 Å². The lowest BCUT2D eigenvalue weighted by Gasteiger charge is -2.23. The number of para-hydroxylation sites is 1. The standard InChI is InChI=1S/C19H17FN2O4S/c1-11(18(24)21-13-6-4-5-12(20)9-13)26-17(23)10-16-19(25)22-14-7-2-3-8-15(14)27-16/h2-9,11,16H,10H2,1H3,(H,21,24)(H,22,25)/t11-,16-/m0/s1. The number of hydrogen-bond donors (Lipinski definition) is 2. The Bertz CT molecular complexity index is 890. The molecule has 2 N–H and O–H groups in total. The van der Waals surface area contributed by atoms with Gasteiger partial charge in [-0.3, -0.25) is 14.4 Å². The zero-order valence-electron chi connectivity index (χ0n) is 14.4. The number of carbonyl (C=O) groups is 3. The van der Waals surface area contributed by atoms with Crippen LogP contribution in [0.3, 0.4) is 0 Å². The van der Waals surface area contributed by atoms with E-state index in [2.05, 4.69) is 10.6 Å². The summed E-state index contributed by atoms with van der Waals surface area (Å²) in [6.45, 7) is 1.41. The van der Waals surface area contributed by atoms with Crippen molar-refractivity contribution < 1.29 is 23.5 Å². The third-order valence-corrected chi connectivity index (χ3v) is 5.10. The fourth-order valence-electron chi connectivity index (χ4n) is 2.49. The zero-order valence-corrected chi connectivity index (χ0v) is 15.2. The van der Waals surface area contributed by atoms with Crippen LogP contribution in [-0.4, -0.2) is 29.1 Å². The van der Waals surface area contributed by atoms with E-state index in [0.29, 0.717) is 5.69 Å². The average molecular weight is 388 g/mol. The van der Waals surface area contributed by atoms with Crippen LogP contribution >= 0.6 is 11.8 Å². The van der Waals surface area contributed by atoms with Gasteiger partial charge >= 0.3 is 5.97 Å². The molecule has 2 amide bonds. The number of benzene rings is 2. The quantitative estimate of drug-likeness (QED) is 0.769. The van der Waals surface area contributed by atoms with E-state index >= 15 is 0 Å². The van der Waals surface area contributed by atoms with Crippen LogP contribution in [0.25, 0.3) is 0 Å². The monoisotopic (exact) mass is 388 g/mol. The van der Waals surface area contributed by atoms with Crippen molar-refractivity contribution in [2.24, 2.45) is 0 Å². The lowest BCUT2D eigenvalue weighted by molar-refractivity contribution is -0.153. The summed E-state index contributed by atoms with van der Waals surface area (Å²) in [7, 11) is 0. The predicted molar refractivity (Wildman–Crippen MR) is 99.9 cm³/mol. The molecular weight excluding hydrogens is 371 g/mol. The van der Waals surface area contributed by atoms with Gasteiger partial charge in [0.15, 0.2) is 6.10 Å². The molecule has 0 bridgehead atoms. The Morgan fingerprint density at radius 1 is 1.26 bits per heavy atom. The van der Waals surface area contributed by atoms with Gasteiger partial charge in [0.05, 0.1) is 17.4 Å². The molecule has 0 radical (unpaired) electrons. The normalized spacial score (nSPS) is 16.7. The Hall–Kier alpha value is -2.87. The van der Waals surface area contributed by atoms with Crippen LogP contribution < -0.4 is 10.6 Å². The van der Waals surface area contributed by atoms with Crippen LogP contribution in [0.1, 0.15) is 13.3 Å². The highest BCUT2D eigenvalue weighted by Crippen LogP contribution is 2.36. The van der Waals surface area contributed by atoms with Crippen LogP contribution in [0, 0.1) is 5.82 Å². The fourth-order valence-corrected chi connectivity index (χ4v) is 3.58. The summed E-state index contributed by atoms with van der Waals surface area (Å²) in [5, 5.41) is 4.59. The van der Waals surface area contributed by atoms with Crippen molar-refractivity contribution in [2.75, 3.05) is 10.6 Å². The van der Waals surface area contributed by atoms with E-state index in [1.807, 2.05) is 18.2 Å². The van der Waals surface area contributed by atoms with Gasteiger partial charge in [0, 0.05) is 10.6 Å². The van der Waals surface area contributed by atoms with E-state index in [1.165, 1.54) is 36.9 Å². The number of anilines is 2. The molecule has 1 aliphatic rings. The van der Waals surface area contributed by atoms with Crippen molar-refractivity contribution >= 4 is 40.9 Å². The number of carbonyl (C=O) groups excluding carboxylic acids is 3. The lowest BCUT2D eigenvalue weighted by Crippen LogP contribution is -2.34. The van der Waals surface area contributed by atoms with Crippen LogP contribution in [-0.2, 0) is 19.1 Å². The van der Waals surface area contributed by atoms with Crippen LogP contribution in [0.4, 0.5) is 15.8 Å². The number of thioether (sulfide) groups is 1. The first-order valence-electron chi connectivity index (χ1n) is 8.25. The topological polar surface area (TPSA) is 84.5 Å². The van der Waals surface area contributed by atoms with E-state index in [4.69, 9.17) is 4.74 Å². The van der Waals surface area contributed by atoms with E-state index in [1.54, 1.807) is 6.07 Å². The average Bonchev–Trinajstić information content (AvgIpc) is 2.62. The van der Waals surface area contributed by atoms with Gasteiger partial charge in [-0.1, -0.05) is 18.2 Å². The number of nitrogens with one attached hydrogen (secondary N) is 2. The second-order valence-electron chi connectivity index (χ2n) is 5.93. The Morgan fingerprint density at radius 2 is 2.04 bits per heavy atom. The summed E-state index contributed by atoms with van der Waals surface area (Å²) >= 11 is 1.28. The van der Waals surface area contributed by atoms with Crippen LogP contribution in [0.5, 0.6) is 0 Å². The maximum absolute atomic E-state index is 13.2. The number of hydrogen-bond acceptors (Lipinski definition) is 5. The van der Waals surface area contributed by atoms with Gasteiger partial charge in [-0.05, 0) is 37.3 Å². The molecule has 27 heavy (non-hydrogen) atoms. The number of amides is 2. The lowest BCUT2D eigenvalue weighted by atomic mass is 10.2. The maximum atomic E-state index is 13.2. The van der Waals surface area contributed by atoms with Gasteiger partial charge in [0.2, 0.25) is 5.91 Å². The van der Waals surface area contributed by atoms with Gasteiger partial charge in [-0.15, -0.1) is 11.8 Å². The molecule has 2 aromatic carbocycles. The summed E-state index contributed by atoms with van der Waals surface area (Å²) in [5.41, 5.74) is 0.974. The Labute approximate surface area is 159 Å². The number of ether oxygens (including phenoxy) is 1. The molecule has 0 aliphatic carbocycles. The summed E-state index contributed by atoms with van der Waals surface area (Å²) < 4.78 is 18.3. The maximum Gasteiger partial charge on any atom is 0.308 e. The van der Waals surface area contributed by atoms with Gasteiger partial charge in [-0.2, -0.15) is 0 Å². The molecule has 0 unspecified atom stereocenters. The molecule has 2 atom stereocenters. The third kappa shape index (κ3) is 4.85.